The molecular weight excluding hydrogens is 480 g/mol. The number of benzene rings is 2. The van der Waals surface area contributed by atoms with Gasteiger partial charge in [0.1, 0.15) is 4.32 Å². The number of likely N-dealkylation sites (N-methyl/N-ethyl adjacent to an activating group) is 1. The first kappa shape index (κ1) is 23.5. The molecule has 2 heterocycles. The number of hydrogen-bond acceptors (Lipinski definition) is 7. The lowest BCUT2D eigenvalue weighted by molar-refractivity contribution is -0.122. The van der Waals surface area contributed by atoms with E-state index in [1.807, 2.05) is 60.4 Å². The molecule has 2 aliphatic rings. The Bertz CT molecular complexity index is 1260. The van der Waals surface area contributed by atoms with Crippen molar-refractivity contribution in [2.75, 3.05) is 23.7 Å². The first-order chi connectivity index (χ1) is 15.8. The highest BCUT2D eigenvalue weighted by Crippen LogP contribution is 2.42. The van der Waals surface area contributed by atoms with Gasteiger partial charge in [0.15, 0.2) is 5.75 Å². The molecule has 2 aromatic carbocycles. The van der Waals surface area contributed by atoms with Gasteiger partial charge in [-0.15, -0.1) is 0 Å². The van der Waals surface area contributed by atoms with Crippen LogP contribution in [0.1, 0.15) is 13.3 Å². The number of amides is 1. The topological polar surface area (TPSA) is 87.2 Å². The molecule has 4 rings (SSSR count). The maximum Gasteiger partial charge on any atom is 0.266 e. The van der Waals surface area contributed by atoms with Gasteiger partial charge in [-0.3, -0.25) is 14.2 Å². The van der Waals surface area contributed by atoms with Crippen molar-refractivity contribution in [1.29, 1.82) is 0 Å². The molecule has 2 aromatic rings. The predicted molar refractivity (Wildman–Crippen MR) is 135 cm³/mol. The summed E-state index contributed by atoms with van der Waals surface area (Å²) in [5.41, 5.74) is 2.81. The summed E-state index contributed by atoms with van der Waals surface area (Å²) in [5, 5.41) is 0. The van der Waals surface area contributed by atoms with Crippen molar-refractivity contribution in [1.82, 2.24) is 4.90 Å². The molecule has 1 saturated heterocycles. The second-order valence-electron chi connectivity index (χ2n) is 7.40. The molecule has 0 spiro atoms. The molecule has 0 aliphatic carbocycles. The lowest BCUT2D eigenvalue weighted by atomic mass is 10.0. The monoisotopic (exact) mass is 502 g/mol. The molecule has 0 unspecified atom stereocenters. The second kappa shape index (κ2) is 9.68. The quantitative estimate of drug-likeness (QED) is 0.338. The average molecular weight is 503 g/mol. The largest absolute Gasteiger partial charge is 0.439 e. The van der Waals surface area contributed by atoms with Gasteiger partial charge in [0.25, 0.3) is 16.0 Å². The van der Waals surface area contributed by atoms with Gasteiger partial charge in [-0.25, -0.2) is 0 Å². The van der Waals surface area contributed by atoms with Crippen LogP contribution >= 0.6 is 24.0 Å². The number of ether oxygens (including phenoxy) is 1. The highest BCUT2D eigenvalue weighted by atomic mass is 32.2. The van der Waals surface area contributed by atoms with Crippen LogP contribution < -0.4 is 9.64 Å². The van der Waals surface area contributed by atoms with E-state index < -0.39 is 10.1 Å². The van der Waals surface area contributed by atoms with Crippen LogP contribution in [0.25, 0.3) is 11.1 Å². The number of anilines is 1. The Kier molecular flexibility index (Phi) is 6.89. The lowest BCUT2D eigenvalue weighted by Crippen LogP contribution is -2.27. The molecule has 1 fully saturated rings. The van der Waals surface area contributed by atoms with Gasteiger partial charge in [0.05, 0.1) is 16.3 Å². The molecule has 7 nitrogen and oxygen atoms in total. The molecule has 0 radical (unpaired) electrons. The Morgan fingerprint density at radius 2 is 1.85 bits per heavy atom. The Labute approximate surface area is 202 Å². The summed E-state index contributed by atoms with van der Waals surface area (Å²) in [4.78, 5) is 16.4. The number of carbonyl (C=O) groups excluding carboxylic acids is 1. The van der Waals surface area contributed by atoms with E-state index in [1.54, 1.807) is 12.2 Å². The zero-order chi connectivity index (χ0) is 23.6. The summed E-state index contributed by atoms with van der Waals surface area (Å²) in [6, 6.07) is 15.7. The Morgan fingerprint density at radius 3 is 2.52 bits per heavy atom. The molecule has 10 heteroatoms. The molecule has 0 bridgehead atoms. The first-order valence-electron chi connectivity index (χ1n) is 10.3. The number of allylic oxidation sites excluding steroid dienone is 2. The molecule has 1 amide bonds. The predicted octanol–water partition coefficient (Wildman–Crippen LogP) is 4.44. The maximum atomic E-state index is 12.5. The molecule has 0 saturated carbocycles. The minimum absolute atomic E-state index is 0.149. The number of fused-ring (bicyclic) bond motifs is 1. The molecule has 33 heavy (non-hydrogen) atoms. The zero-order valence-electron chi connectivity index (χ0n) is 17.8. The number of thioether (sulfide) groups is 1. The van der Waals surface area contributed by atoms with E-state index >= 15 is 0 Å². The third kappa shape index (κ3) is 5.30. The van der Waals surface area contributed by atoms with E-state index in [0.717, 1.165) is 16.8 Å². The van der Waals surface area contributed by atoms with E-state index in [4.69, 9.17) is 21.5 Å². The lowest BCUT2D eigenvalue weighted by Gasteiger charge is -2.18. The Hall–Kier alpha value is -2.66. The Balaban J connectivity index is 1.66. The normalized spacial score (nSPS) is 18.4. The van der Waals surface area contributed by atoms with E-state index in [-0.39, 0.29) is 18.1 Å². The van der Waals surface area contributed by atoms with E-state index in [1.165, 1.54) is 16.7 Å². The SMILES string of the molecule is CCN1C(=O)/C(=C\C=C2/Oc3ccc(-c4ccccc4)cc3N2CCCS(=O)(=O)O)SC1=S. The van der Waals surface area contributed by atoms with Crippen LogP contribution in [0, 0.1) is 0 Å². The zero-order valence-corrected chi connectivity index (χ0v) is 20.3. The van der Waals surface area contributed by atoms with Gasteiger partial charge in [0.2, 0.25) is 5.88 Å². The second-order valence-corrected chi connectivity index (χ2v) is 10.6. The molecular formula is C23H22N2O5S3. The number of hydrogen-bond donors (Lipinski definition) is 1. The fourth-order valence-electron chi connectivity index (χ4n) is 3.60. The average Bonchev–Trinajstić information content (AvgIpc) is 3.27. The van der Waals surface area contributed by atoms with Crippen molar-refractivity contribution >= 4 is 50.0 Å². The van der Waals surface area contributed by atoms with Gasteiger partial charge >= 0.3 is 0 Å². The van der Waals surface area contributed by atoms with Crippen molar-refractivity contribution in [3.8, 4) is 16.9 Å². The molecule has 172 valence electrons. The van der Waals surface area contributed by atoms with Gasteiger partial charge < -0.3 is 9.64 Å². The van der Waals surface area contributed by atoms with E-state index in [0.29, 0.717) is 33.9 Å². The summed E-state index contributed by atoms with van der Waals surface area (Å²) >= 11 is 6.49. The van der Waals surface area contributed by atoms with Crippen LogP contribution in [-0.4, -0.2) is 46.9 Å². The highest BCUT2D eigenvalue weighted by molar-refractivity contribution is 8.26. The number of thiocarbonyl (C=S) groups is 1. The summed E-state index contributed by atoms with van der Waals surface area (Å²) in [6.45, 7) is 2.68. The summed E-state index contributed by atoms with van der Waals surface area (Å²) in [7, 11) is -4.08. The summed E-state index contributed by atoms with van der Waals surface area (Å²) in [5.74, 6) is 0.582. The minimum atomic E-state index is -4.08. The minimum Gasteiger partial charge on any atom is -0.439 e. The van der Waals surface area contributed by atoms with Crippen molar-refractivity contribution in [2.45, 2.75) is 13.3 Å². The molecule has 0 atom stereocenters. The third-order valence-electron chi connectivity index (χ3n) is 5.19. The van der Waals surface area contributed by atoms with Crippen molar-refractivity contribution in [2.24, 2.45) is 0 Å². The fourth-order valence-corrected chi connectivity index (χ4v) is 5.42. The van der Waals surface area contributed by atoms with Crippen LogP contribution in [0.5, 0.6) is 5.75 Å². The number of nitrogens with zero attached hydrogens (tertiary/aromatic N) is 2. The van der Waals surface area contributed by atoms with Crippen LogP contribution in [0.3, 0.4) is 0 Å². The van der Waals surface area contributed by atoms with Crippen LogP contribution in [0.4, 0.5) is 5.69 Å². The van der Waals surface area contributed by atoms with Gasteiger partial charge in [-0.1, -0.05) is 60.4 Å². The van der Waals surface area contributed by atoms with Gasteiger partial charge in [-0.05, 0) is 42.7 Å². The summed E-state index contributed by atoms with van der Waals surface area (Å²) in [6.07, 6.45) is 3.56. The van der Waals surface area contributed by atoms with Gasteiger partial charge in [0, 0.05) is 19.2 Å². The van der Waals surface area contributed by atoms with Crippen molar-refractivity contribution < 1.29 is 22.5 Å². The third-order valence-corrected chi connectivity index (χ3v) is 7.39. The van der Waals surface area contributed by atoms with E-state index in [9.17, 15) is 13.2 Å². The summed E-state index contributed by atoms with van der Waals surface area (Å²) < 4.78 is 38.1. The smallest absolute Gasteiger partial charge is 0.266 e. The molecule has 1 N–H and O–H groups in total. The number of rotatable bonds is 7. The molecule has 0 aromatic heterocycles. The van der Waals surface area contributed by atoms with Crippen LogP contribution in [-0.2, 0) is 14.9 Å². The first-order valence-corrected chi connectivity index (χ1v) is 13.2. The van der Waals surface area contributed by atoms with Crippen LogP contribution in [0.2, 0.25) is 0 Å². The Morgan fingerprint density at radius 1 is 1.09 bits per heavy atom. The van der Waals surface area contributed by atoms with Crippen LogP contribution in [0.15, 0.2) is 71.5 Å². The van der Waals surface area contributed by atoms with E-state index in [2.05, 4.69) is 0 Å². The van der Waals surface area contributed by atoms with Gasteiger partial charge in [-0.2, -0.15) is 8.42 Å². The van der Waals surface area contributed by atoms with Crippen molar-refractivity contribution in [3.05, 3.63) is 71.5 Å². The highest BCUT2D eigenvalue weighted by Gasteiger charge is 2.31. The standard InChI is InChI=1S/C23H22N2O5S3/c1-2-24-22(26)20(32-23(24)31)11-12-21-25(13-6-14-33(27,28)29)18-15-17(9-10-19(18)30-21)16-7-4-3-5-8-16/h3-5,7-12,15H,2,6,13-14H2,1H3,(H,27,28,29)/b20-11+,21-12-. The van der Waals surface area contributed by atoms with Crippen molar-refractivity contribution in [3.63, 3.8) is 0 Å². The maximum absolute atomic E-state index is 12.5. The molecule has 2 aliphatic heterocycles. The number of carbonyl (C=O) groups is 1. The fraction of sp³-hybridized carbons (Fsp3) is 0.217.